The molecule has 0 aliphatic rings. The normalized spacial score (nSPS) is 12.8. The summed E-state index contributed by atoms with van der Waals surface area (Å²) in [5.41, 5.74) is 9.85. The molecule has 3 aromatic rings. The van der Waals surface area contributed by atoms with Crippen molar-refractivity contribution < 1.29 is 15.0 Å². The van der Waals surface area contributed by atoms with Crippen molar-refractivity contribution in [3.05, 3.63) is 88.6 Å². The van der Waals surface area contributed by atoms with Gasteiger partial charge in [0.25, 0.3) is 5.91 Å². The molecule has 1 heterocycles. The number of anilines is 1. The Hall–Kier alpha value is -3.42. The van der Waals surface area contributed by atoms with E-state index in [0.29, 0.717) is 36.5 Å². The smallest absolute Gasteiger partial charge is 0.251 e. The van der Waals surface area contributed by atoms with Crippen LogP contribution in [0.1, 0.15) is 45.6 Å². The molecule has 0 unspecified atom stereocenters. The number of rotatable bonds is 10. The zero-order chi connectivity index (χ0) is 23.8. The van der Waals surface area contributed by atoms with Crippen molar-refractivity contribution in [3.8, 4) is 5.75 Å². The van der Waals surface area contributed by atoms with Gasteiger partial charge >= 0.3 is 0 Å². The number of pyridine rings is 1. The van der Waals surface area contributed by atoms with Gasteiger partial charge in [0.1, 0.15) is 11.6 Å². The number of nitrogens with two attached hydrogens (primary N) is 1. The third-order valence-electron chi connectivity index (χ3n) is 5.55. The summed E-state index contributed by atoms with van der Waals surface area (Å²) in [5.74, 6) is 0.589. The second-order valence-corrected chi connectivity index (χ2v) is 8.37. The van der Waals surface area contributed by atoms with Crippen molar-refractivity contribution in [2.75, 3.05) is 18.8 Å². The lowest BCUT2D eigenvalue weighted by atomic mass is 10.0. The lowest BCUT2D eigenvalue weighted by Crippen LogP contribution is -2.32. The largest absolute Gasteiger partial charge is 0.508 e. The molecule has 2 atom stereocenters. The molecule has 1 aromatic heterocycles. The number of aliphatic hydroxyl groups excluding tert-OH is 1. The molecule has 0 spiro atoms. The maximum atomic E-state index is 12.6. The lowest BCUT2D eigenvalue weighted by Gasteiger charge is -2.18. The molecule has 0 bridgehead atoms. The summed E-state index contributed by atoms with van der Waals surface area (Å²) >= 11 is 0. The van der Waals surface area contributed by atoms with Crippen LogP contribution < -0.4 is 16.4 Å². The van der Waals surface area contributed by atoms with Gasteiger partial charge in [-0.2, -0.15) is 0 Å². The fourth-order valence-corrected chi connectivity index (χ4v) is 3.61. The van der Waals surface area contributed by atoms with Gasteiger partial charge in [-0.05, 0) is 67.6 Å². The Morgan fingerprint density at radius 2 is 1.94 bits per heavy atom. The number of hydrogen-bond acceptors (Lipinski definition) is 6. The molecule has 0 saturated heterocycles. The van der Waals surface area contributed by atoms with E-state index in [9.17, 15) is 15.0 Å². The molecule has 6 N–H and O–H groups in total. The quantitative estimate of drug-likeness (QED) is 0.325. The first-order valence-corrected chi connectivity index (χ1v) is 11.1. The van der Waals surface area contributed by atoms with Gasteiger partial charge < -0.3 is 26.6 Å². The predicted octanol–water partition coefficient (Wildman–Crippen LogP) is 2.90. The number of phenols is 1. The minimum atomic E-state index is -0.671. The summed E-state index contributed by atoms with van der Waals surface area (Å²) in [6.07, 6.45) is 2.33. The Balaban J connectivity index is 1.47. The number of amides is 1. The van der Waals surface area contributed by atoms with Gasteiger partial charge in [0.15, 0.2) is 0 Å². The molecule has 7 nitrogen and oxygen atoms in total. The molecule has 1 amide bonds. The van der Waals surface area contributed by atoms with Gasteiger partial charge in [0.2, 0.25) is 0 Å². The Morgan fingerprint density at radius 3 is 2.67 bits per heavy atom. The van der Waals surface area contributed by atoms with E-state index in [0.717, 1.165) is 23.1 Å². The van der Waals surface area contributed by atoms with E-state index in [1.807, 2.05) is 44.2 Å². The Kier molecular flexibility index (Phi) is 8.40. The zero-order valence-corrected chi connectivity index (χ0v) is 19.1. The average molecular weight is 449 g/mol. The van der Waals surface area contributed by atoms with E-state index in [-0.39, 0.29) is 17.7 Å². The number of nitrogens with zero attached hydrogens (tertiary/aromatic N) is 1. The predicted molar refractivity (Wildman–Crippen MR) is 130 cm³/mol. The number of phenolic OH excluding ortho intramolecular Hbond substituents is 1. The first-order valence-electron chi connectivity index (χ1n) is 11.1. The molecule has 174 valence electrons. The first-order chi connectivity index (χ1) is 15.8. The molecular weight excluding hydrogens is 416 g/mol. The summed E-state index contributed by atoms with van der Waals surface area (Å²) in [7, 11) is 0. The van der Waals surface area contributed by atoms with Gasteiger partial charge in [-0.3, -0.25) is 4.79 Å². The highest BCUT2D eigenvalue weighted by atomic mass is 16.3. The summed E-state index contributed by atoms with van der Waals surface area (Å²) in [6, 6.07) is 16.6. The number of aromatic nitrogens is 1. The van der Waals surface area contributed by atoms with Crippen molar-refractivity contribution in [1.82, 2.24) is 15.6 Å². The third-order valence-corrected chi connectivity index (χ3v) is 5.55. The number of aliphatic hydroxyl groups is 1. The summed E-state index contributed by atoms with van der Waals surface area (Å²) in [4.78, 5) is 16.6. The number of aromatic hydroxyl groups is 1. The minimum Gasteiger partial charge on any atom is -0.508 e. The van der Waals surface area contributed by atoms with Crippen LogP contribution in [0.3, 0.4) is 0 Å². The number of benzene rings is 2. The van der Waals surface area contributed by atoms with Crippen LogP contribution in [0.2, 0.25) is 0 Å². The van der Waals surface area contributed by atoms with Crippen LogP contribution in [-0.4, -0.2) is 40.2 Å². The Morgan fingerprint density at radius 1 is 1.12 bits per heavy atom. The van der Waals surface area contributed by atoms with E-state index in [4.69, 9.17) is 5.73 Å². The maximum absolute atomic E-state index is 12.6. The molecule has 0 saturated carbocycles. The van der Waals surface area contributed by atoms with Gasteiger partial charge in [-0.1, -0.05) is 30.3 Å². The number of carbonyl (C=O) groups is 1. The number of nitrogens with one attached hydrogen (secondary N) is 2. The molecule has 2 aromatic carbocycles. The first kappa shape index (κ1) is 24.2. The van der Waals surface area contributed by atoms with Crippen LogP contribution in [-0.2, 0) is 12.8 Å². The maximum Gasteiger partial charge on any atom is 0.251 e. The number of carbonyl (C=O) groups excluding carboxylic acids is 1. The van der Waals surface area contributed by atoms with Crippen molar-refractivity contribution in [3.63, 3.8) is 0 Å². The van der Waals surface area contributed by atoms with E-state index >= 15 is 0 Å². The van der Waals surface area contributed by atoms with E-state index in [2.05, 4.69) is 15.6 Å². The highest BCUT2D eigenvalue weighted by molar-refractivity contribution is 5.94. The van der Waals surface area contributed by atoms with Crippen molar-refractivity contribution in [2.45, 2.75) is 38.8 Å². The second-order valence-electron chi connectivity index (χ2n) is 8.37. The highest BCUT2D eigenvalue weighted by Gasteiger charge is 2.12. The van der Waals surface area contributed by atoms with Crippen LogP contribution in [0.15, 0.2) is 60.8 Å². The molecule has 0 aliphatic carbocycles. The van der Waals surface area contributed by atoms with Gasteiger partial charge in [-0.25, -0.2) is 4.98 Å². The molecule has 33 heavy (non-hydrogen) atoms. The molecule has 0 radical (unpaired) electrons. The van der Waals surface area contributed by atoms with Crippen LogP contribution in [0, 0.1) is 6.92 Å². The average Bonchev–Trinajstić information content (AvgIpc) is 2.80. The second kappa shape index (κ2) is 11.4. The zero-order valence-electron chi connectivity index (χ0n) is 19.1. The van der Waals surface area contributed by atoms with E-state index in [1.54, 1.807) is 30.5 Å². The lowest BCUT2D eigenvalue weighted by molar-refractivity contribution is 0.0954. The van der Waals surface area contributed by atoms with Gasteiger partial charge in [0, 0.05) is 36.5 Å². The van der Waals surface area contributed by atoms with Crippen molar-refractivity contribution in [1.29, 1.82) is 0 Å². The summed E-state index contributed by atoms with van der Waals surface area (Å²) in [5, 5.41) is 26.2. The topological polar surface area (TPSA) is 120 Å². The van der Waals surface area contributed by atoms with Crippen molar-refractivity contribution in [2.24, 2.45) is 0 Å². The monoisotopic (exact) mass is 448 g/mol. The molecule has 0 aliphatic heterocycles. The van der Waals surface area contributed by atoms with Crippen LogP contribution in [0.4, 0.5) is 5.82 Å². The van der Waals surface area contributed by atoms with E-state index in [1.165, 1.54) is 0 Å². The fourth-order valence-electron chi connectivity index (χ4n) is 3.61. The number of nitrogen functional groups attached to an aromatic ring is 1. The standard InChI is InChI=1S/C26H32N4O3/c1-17-12-19(6-8-23(17)31)10-11-28-26(33)21-5-3-4-20(14-21)13-18(2)29-16-24(32)22-7-9-25(27)30-15-22/h3-9,12,14-15,18,24,29,31-32H,10-11,13,16H2,1-2H3,(H2,27,30)(H,28,33)/t18-,24+/m1/s1. The fraction of sp³-hybridized carbons (Fsp3) is 0.308. The summed E-state index contributed by atoms with van der Waals surface area (Å²) < 4.78 is 0. The Bertz CT molecular complexity index is 1070. The van der Waals surface area contributed by atoms with Gasteiger partial charge in [0.05, 0.1) is 6.10 Å². The van der Waals surface area contributed by atoms with Crippen LogP contribution in [0.5, 0.6) is 5.75 Å². The molecule has 0 fully saturated rings. The molecule has 3 rings (SSSR count). The third kappa shape index (κ3) is 7.30. The van der Waals surface area contributed by atoms with Gasteiger partial charge in [-0.15, -0.1) is 0 Å². The molecular formula is C26H32N4O3. The van der Waals surface area contributed by atoms with Crippen LogP contribution in [0.25, 0.3) is 0 Å². The minimum absolute atomic E-state index is 0.109. The Labute approximate surface area is 194 Å². The van der Waals surface area contributed by atoms with E-state index < -0.39 is 6.10 Å². The highest BCUT2D eigenvalue weighted by Crippen LogP contribution is 2.17. The van der Waals surface area contributed by atoms with Crippen molar-refractivity contribution >= 4 is 11.7 Å². The number of hydrogen-bond donors (Lipinski definition) is 5. The van der Waals surface area contributed by atoms with Crippen LogP contribution >= 0.6 is 0 Å². The summed E-state index contributed by atoms with van der Waals surface area (Å²) in [6.45, 7) is 4.81. The SMILES string of the molecule is Cc1cc(CCNC(=O)c2cccc(C[C@@H](C)NC[C@H](O)c3ccc(N)nc3)c2)ccc1O. The molecule has 7 heteroatoms. The number of aryl methyl sites for hydroxylation is 1.